The first-order valence-electron chi connectivity index (χ1n) is 4.79. The summed E-state index contributed by atoms with van der Waals surface area (Å²) < 4.78 is 26.5. The molecule has 14 heavy (non-hydrogen) atoms. The third-order valence-corrected chi connectivity index (χ3v) is 2.97. The molecule has 0 saturated carbocycles. The van der Waals surface area contributed by atoms with Crippen LogP contribution in [0, 0.1) is 11.6 Å². The second-order valence-electron chi connectivity index (χ2n) is 4.09. The van der Waals surface area contributed by atoms with Gasteiger partial charge in [0.2, 0.25) is 0 Å². The maximum Gasteiger partial charge on any atom is 0.162 e. The van der Waals surface area contributed by atoms with Crippen LogP contribution in [-0.4, -0.2) is 13.1 Å². The van der Waals surface area contributed by atoms with Gasteiger partial charge in [-0.25, -0.2) is 8.78 Å². The Bertz CT molecular complexity index is 343. The Labute approximate surface area is 82.1 Å². The van der Waals surface area contributed by atoms with Gasteiger partial charge in [-0.15, -0.1) is 0 Å². The molecule has 1 saturated heterocycles. The molecule has 0 amide bonds. The Morgan fingerprint density at radius 2 is 2.14 bits per heavy atom. The number of hydrogen-bond donors (Lipinski definition) is 1. The molecule has 1 aromatic rings. The lowest BCUT2D eigenvalue weighted by molar-refractivity contribution is 0.445. The van der Waals surface area contributed by atoms with Crippen LogP contribution in [0.2, 0.25) is 0 Å². The Hall–Kier alpha value is -0.960. The number of hydrogen-bond acceptors (Lipinski definition) is 1. The van der Waals surface area contributed by atoms with E-state index in [4.69, 9.17) is 0 Å². The van der Waals surface area contributed by atoms with Crippen LogP contribution in [0.15, 0.2) is 18.2 Å². The van der Waals surface area contributed by atoms with E-state index in [1.165, 1.54) is 0 Å². The molecule has 1 aliphatic rings. The lowest BCUT2D eigenvalue weighted by Gasteiger charge is -2.23. The largest absolute Gasteiger partial charge is 0.316 e. The molecule has 0 aromatic heterocycles. The van der Waals surface area contributed by atoms with Gasteiger partial charge in [0.1, 0.15) is 0 Å². The zero-order valence-electron chi connectivity index (χ0n) is 8.11. The summed E-state index contributed by atoms with van der Waals surface area (Å²) in [7, 11) is 0. The first-order valence-corrected chi connectivity index (χ1v) is 4.79. The molecule has 2 rings (SSSR count). The fourth-order valence-corrected chi connectivity index (χ4v) is 2.02. The quantitative estimate of drug-likeness (QED) is 0.727. The highest BCUT2D eigenvalue weighted by Crippen LogP contribution is 2.32. The van der Waals surface area contributed by atoms with E-state index in [1.54, 1.807) is 12.1 Å². The van der Waals surface area contributed by atoms with Crippen LogP contribution >= 0.6 is 0 Å². The molecule has 0 aliphatic carbocycles. The first-order chi connectivity index (χ1) is 6.63. The standard InChI is InChI=1S/C11H13F2N/c1-11(5-6-14-7-11)8-3-2-4-9(12)10(8)13/h2-4,14H,5-7H2,1H3. The van der Waals surface area contributed by atoms with Crippen molar-refractivity contribution in [2.24, 2.45) is 0 Å². The van der Waals surface area contributed by atoms with E-state index in [1.807, 2.05) is 6.92 Å². The van der Waals surface area contributed by atoms with Gasteiger partial charge < -0.3 is 5.32 Å². The maximum atomic E-state index is 13.5. The van der Waals surface area contributed by atoms with Crippen molar-refractivity contribution in [3.63, 3.8) is 0 Å². The molecule has 1 fully saturated rings. The smallest absolute Gasteiger partial charge is 0.162 e. The van der Waals surface area contributed by atoms with Crippen LogP contribution in [0.5, 0.6) is 0 Å². The molecule has 3 heteroatoms. The van der Waals surface area contributed by atoms with Crippen molar-refractivity contribution in [1.29, 1.82) is 0 Å². The van der Waals surface area contributed by atoms with E-state index >= 15 is 0 Å². The summed E-state index contributed by atoms with van der Waals surface area (Å²) in [5.41, 5.74) is 0.231. The summed E-state index contributed by atoms with van der Waals surface area (Å²) >= 11 is 0. The van der Waals surface area contributed by atoms with Crippen LogP contribution in [0.4, 0.5) is 8.78 Å². The molecule has 1 N–H and O–H groups in total. The van der Waals surface area contributed by atoms with Gasteiger partial charge in [0, 0.05) is 12.0 Å². The number of rotatable bonds is 1. The zero-order valence-corrected chi connectivity index (χ0v) is 8.11. The van der Waals surface area contributed by atoms with E-state index in [9.17, 15) is 8.78 Å². The minimum Gasteiger partial charge on any atom is -0.316 e. The van der Waals surface area contributed by atoms with Crippen molar-refractivity contribution < 1.29 is 8.78 Å². The maximum absolute atomic E-state index is 13.5. The highest BCUT2D eigenvalue weighted by Gasteiger charge is 2.33. The molecule has 1 unspecified atom stereocenters. The number of halogens is 2. The van der Waals surface area contributed by atoms with Gasteiger partial charge in [-0.1, -0.05) is 19.1 Å². The van der Waals surface area contributed by atoms with E-state index in [2.05, 4.69) is 5.32 Å². The van der Waals surface area contributed by atoms with Gasteiger partial charge in [0.15, 0.2) is 11.6 Å². The fourth-order valence-electron chi connectivity index (χ4n) is 2.02. The monoisotopic (exact) mass is 197 g/mol. The van der Waals surface area contributed by atoms with Crippen molar-refractivity contribution in [3.05, 3.63) is 35.4 Å². The van der Waals surface area contributed by atoms with Crippen LogP contribution in [0.25, 0.3) is 0 Å². The van der Waals surface area contributed by atoms with Gasteiger partial charge in [0.05, 0.1) is 0 Å². The highest BCUT2D eigenvalue weighted by molar-refractivity contribution is 5.29. The third-order valence-electron chi connectivity index (χ3n) is 2.97. The Kier molecular flexibility index (Phi) is 2.27. The van der Waals surface area contributed by atoms with Crippen molar-refractivity contribution >= 4 is 0 Å². The summed E-state index contributed by atoms with van der Waals surface area (Å²) in [6.07, 6.45) is 0.855. The van der Waals surface area contributed by atoms with Crippen LogP contribution in [0.3, 0.4) is 0 Å². The lowest BCUT2D eigenvalue weighted by Crippen LogP contribution is -2.26. The number of nitrogens with one attached hydrogen (secondary N) is 1. The predicted octanol–water partition coefficient (Wildman–Crippen LogP) is 2.22. The molecule has 0 radical (unpaired) electrons. The Morgan fingerprint density at radius 3 is 2.79 bits per heavy atom. The molecule has 1 atom stereocenters. The highest BCUT2D eigenvalue weighted by atomic mass is 19.2. The van der Waals surface area contributed by atoms with Gasteiger partial charge in [-0.05, 0) is 24.6 Å². The number of benzene rings is 1. The zero-order chi connectivity index (χ0) is 10.2. The lowest BCUT2D eigenvalue weighted by atomic mass is 9.81. The van der Waals surface area contributed by atoms with Crippen molar-refractivity contribution in [2.45, 2.75) is 18.8 Å². The van der Waals surface area contributed by atoms with Gasteiger partial charge in [-0.2, -0.15) is 0 Å². The molecular weight excluding hydrogens is 184 g/mol. The fraction of sp³-hybridized carbons (Fsp3) is 0.455. The molecule has 1 nitrogen and oxygen atoms in total. The first kappa shape index (κ1) is 9.59. The van der Waals surface area contributed by atoms with Crippen molar-refractivity contribution in [2.75, 3.05) is 13.1 Å². The van der Waals surface area contributed by atoms with Crippen LogP contribution < -0.4 is 5.32 Å². The van der Waals surface area contributed by atoms with Gasteiger partial charge in [-0.3, -0.25) is 0 Å². The van der Waals surface area contributed by atoms with Crippen LogP contribution in [-0.2, 0) is 5.41 Å². The minimum absolute atomic E-state index is 0.258. The molecule has 1 aromatic carbocycles. The molecular formula is C11H13F2N. The molecule has 1 aliphatic heterocycles. The Morgan fingerprint density at radius 1 is 1.36 bits per heavy atom. The molecule has 0 bridgehead atoms. The summed E-state index contributed by atoms with van der Waals surface area (Å²) in [6, 6.07) is 4.40. The third kappa shape index (κ3) is 1.42. The summed E-state index contributed by atoms with van der Waals surface area (Å²) in [4.78, 5) is 0. The van der Waals surface area contributed by atoms with Gasteiger partial charge in [0.25, 0.3) is 0 Å². The summed E-state index contributed by atoms with van der Waals surface area (Å²) in [6.45, 7) is 3.55. The van der Waals surface area contributed by atoms with E-state index < -0.39 is 11.6 Å². The second kappa shape index (κ2) is 3.31. The van der Waals surface area contributed by atoms with Crippen molar-refractivity contribution in [1.82, 2.24) is 5.32 Å². The average Bonchev–Trinajstić information content (AvgIpc) is 2.58. The summed E-state index contributed by atoms with van der Waals surface area (Å²) in [5.74, 6) is -1.45. The van der Waals surface area contributed by atoms with Gasteiger partial charge >= 0.3 is 0 Å². The SMILES string of the molecule is CC1(c2cccc(F)c2F)CCNC1. The Balaban J connectivity index is 2.45. The predicted molar refractivity (Wildman–Crippen MR) is 51.2 cm³/mol. The minimum atomic E-state index is -0.754. The molecule has 76 valence electrons. The average molecular weight is 197 g/mol. The normalized spacial score (nSPS) is 26.8. The van der Waals surface area contributed by atoms with E-state index in [0.717, 1.165) is 19.0 Å². The van der Waals surface area contributed by atoms with Crippen molar-refractivity contribution in [3.8, 4) is 0 Å². The second-order valence-corrected chi connectivity index (χ2v) is 4.09. The topological polar surface area (TPSA) is 12.0 Å². The summed E-state index contributed by atoms with van der Waals surface area (Å²) in [5, 5.41) is 3.17. The molecule has 1 heterocycles. The van der Waals surface area contributed by atoms with E-state index in [-0.39, 0.29) is 5.41 Å². The van der Waals surface area contributed by atoms with Crippen LogP contribution in [0.1, 0.15) is 18.9 Å². The van der Waals surface area contributed by atoms with E-state index in [0.29, 0.717) is 12.1 Å². The molecule has 0 spiro atoms.